The van der Waals surface area contributed by atoms with Crippen LogP contribution in [0.4, 0.5) is 0 Å². The van der Waals surface area contributed by atoms with Gasteiger partial charge in [-0.15, -0.1) is 0 Å². The Kier molecular flexibility index (Phi) is 9.12. The van der Waals surface area contributed by atoms with Gasteiger partial charge in [0.05, 0.1) is 16.7 Å². The van der Waals surface area contributed by atoms with Gasteiger partial charge in [-0.2, -0.15) is 0 Å². The van der Waals surface area contributed by atoms with Gasteiger partial charge in [0.2, 0.25) is 0 Å². The second-order valence-electron chi connectivity index (χ2n) is 6.55. The van der Waals surface area contributed by atoms with Crippen LogP contribution in [0.2, 0.25) is 10.0 Å². The Balaban J connectivity index is 0.000000329. The molecule has 1 aliphatic heterocycles. The van der Waals surface area contributed by atoms with E-state index in [4.69, 9.17) is 66.4 Å². The summed E-state index contributed by atoms with van der Waals surface area (Å²) in [6, 6.07) is 6.06. The third kappa shape index (κ3) is 7.99. The van der Waals surface area contributed by atoms with Crippen LogP contribution < -0.4 is 5.32 Å². The molecule has 1 aromatic carbocycles. The van der Waals surface area contributed by atoms with Crippen molar-refractivity contribution in [1.82, 2.24) is 5.32 Å². The summed E-state index contributed by atoms with van der Waals surface area (Å²) in [5, 5.41) is 4.76. The molecule has 0 aromatic heterocycles. The maximum absolute atomic E-state index is 8.88. The Morgan fingerprint density at radius 2 is 1.61 bits per heavy atom. The first-order valence-corrected chi connectivity index (χ1v) is 11.7. The summed E-state index contributed by atoms with van der Waals surface area (Å²) in [6.45, 7) is 2.90. The normalized spacial score (nSPS) is 26.2. The number of piperidine rings is 1. The van der Waals surface area contributed by atoms with Crippen molar-refractivity contribution in [2.45, 2.75) is 18.3 Å². The number of methoxy groups -OCH3 is 1. The van der Waals surface area contributed by atoms with E-state index in [-0.39, 0.29) is 10.8 Å². The van der Waals surface area contributed by atoms with Crippen molar-refractivity contribution in [2.24, 2.45) is 5.41 Å². The maximum Gasteiger partial charge on any atom is 0.466 e. The van der Waals surface area contributed by atoms with Crippen LogP contribution >= 0.6 is 38.8 Å². The first kappa shape index (κ1) is 26.0. The smallest absolute Gasteiger partial charge is 0.384 e. The van der Waals surface area contributed by atoms with E-state index in [1.165, 1.54) is 12.0 Å². The first-order valence-electron chi connectivity index (χ1n) is 7.85. The number of nitrogens with one attached hydrogen (secondary N) is 1. The third-order valence-electron chi connectivity index (χ3n) is 4.62. The van der Waals surface area contributed by atoms with Gasteiger partial charge in [-0.1, -0.05) is 29.3 Å². The number of fused-ring (bicyclic) bond motifs is 1. The zero-order valence-electron chi connectivity index (χ0n) is 14.8. The predicted octanol–water partition coefficient (Wildman–Crippen LogP) is 1.40. The van der Waals surface area contributed by atoms with Crippen molar-refractivity contribution in [3.05, 3.63) is 33.8 Å². The molecular weight excluding hydrogens is 459 g/mol. The highest BCUT2D eigenvalue weighted by atomic mass is 35.5. The fourth-order valence-corrected chi connectivity index (χ4v) is 3.91. The lowest BCUT2D eigenvalue weighted by Gasteiger charge is -2.31. The Bertz CT molecular complexity index is 731. The van der Waals surface area contributed by atoms with E-state index in [1.807, 2.05) is 12.1 Å². The van der Waals surface area contributed by atoms with Gasteiger partial charge in [0.1, 0.15) is 0 Å². The van der Waals surface area contributed by atoms with Crippen LogP contribution in [-0.4, -0.2) is 56.2 Å². The molecule has 28 heavy (non-hydrogen) atoms. The van der Waals surface area contributed by atoms with E-state index in [0.717, 1.165) is 26.1 Å². The Labute approximate surface area is 171 Å². The molecule has 0 spiro atoms. The summed E-state index contributed by atoms with van der Waals surface area (Å²) in [6.07, 6.45) is 2.33. The Morgan fingerprint density at radius 3 is 2.07 bits per heavy atom. The average molecular weight is 482 g/mol. The van der Waals surface area contributed by atoms with Gasteiger partial charge in [0.25, 0.3) is 0 Å². The summed E-state index contributed by atoms with van der Waals surface area (Å²) in [5.41, 5.74) is 1.80. The van der Waals surface area contributed by atoms with E-state index in [9.17, 15) is 0 Å². The summed E-state index contributed by atoms with van der Waals surface area (Å²) in [4.78, 5) is 43.1. The van der Waals surface area contributed by atoms with Crippen LogP contribution in [0, 0.1) is 5.41 Å². The molecule has 7 N–H and O–H groups in total. The monoisotopic (exact) mass is 481 g/mol. The van der Waals surface area contributed by atoms with Gasteiger partial charge in [0.15, 0.2) is 0 Å². The highest BCUT2D eigenvalue weighted by molar-refractivity contribution is 7.45. The van der Waals surface area contributed by atoms with Crippen molar-refractivity contribution in [3.8, 4) is 0 Å². The molecule has 3 rings (SSSR count). The number of rotatable bonds is 3. The molecule has 1 saturated heterocycles. The van der Waals surface area contributed by atoms with Crippen LogP contribution in [0.15, 0.2) is 18.2 Å². The van der Waals surface area contributed by atoms with E-state index >= 15 is 0 Å². The fraction of sp³-hybridized carbons (Fsp3) is 0.571. The lowest BCUT2D eigenvalue weighted by atomic mass is 9.81. The fourth-order valence-electron chi connectivity index (χ4n) is 3.61. The van der Waals surface area contributed by atoms with E-state index in [0.29, 0.717) is 10.0 Å². The van der Waals surface area contributed by atoms with Gasteiger partial charge >= 0.3 is 15.6 Å². The minimum atomic E-state index is -4.64. The number of hydrogen-bond acceptors (Lipinski definition) is 4. The molecule has 10 nitrogen and oxygen atoms in total. The molecule has 1 aromatic rings. The van der Waals surface area contributed by atoms with Crippen LogP contribution in [0.25, 0.3) is 0 Å². The molecule has 1 saturated carbocycles. The summed E-state index contributed by atoms with van der Waals surface area (Å²) >= 11 is 12.2. The second-order valence-corrected chi connectivity index (χ2v) is 9.42. The van der Waals surface area contributed by atoms with Gasteiger partial charge in [-0.3, -0.25) is 0 Å². The minimum Gasteiger partial charge on any atom is -0.384 e. The molecule has 0 amide bonds. The van der Waals surface area contributed by atoms with E-state index in [1.54, 1.807) is 7.11 Å². The molecule has 0 radical (unpaired) electrons. The van der Waals surface area contributed by atoms with Crippen molar-refractivity contribution in [3.63, 3.8) is 0 Å². The number of halogens is 2. The van der Waals surface area contributed by atoms with Gasteiger partial charge < -0.3 is 39.4 Å². The largest absolute Gasteiger partial charge is 0.466 e. The molecular formula is C14H23Cl2NO9P2. The van der Waals surface area contributed by atoms with Crippen molar-refractivity contribution in [2.75, 3.05) is 26.8 Å². The molecule has 0 bridgehead atoms. The standard InChI is InChI=1S/C14H17Cl2NO.2H3O4P/c1-18-9-13-7-14(13,4-5-17-8-13)10-2-3-11(15)12(16)6-10;2*1-5(2,3)4/h2-3,6,17H,4-5,7-9H2,1H3;2*(H3,1,2,3,4)/t13-,14-;;/m0../s1. The summed E-state index contributed by atoms with van der Waals surface area (Å²) in [5.74, 6) is 0. The number of hydrogen-bond donors (Lipinski definition) is 7. The first-order chi connectivity index (χ1) is 12.6. The SMILES string of the molecule is COC[C@]12CNCC[C@@]1(c1ccc(Cl)c(Cl)c1)C2.O=P(O)(O)O.O=P(O)(O)O. The minimum absolute atomic E-state index is 0.239. The molecule has 1 heterocycles. The van der Waals surface area contributed by atoms with Crippen LogP contribution in [-0.2, 0) is 19.3 Å². The Hall–Kier alpha value is -0.0600. The van der Waals surface area contributed by atoms with Crippen LogP contribution in [0.5, 0.6) is 0 Å². The molecule has 2 fully saturated rings. The molecule has 14 heteroatoms. The van der Waals surface area contributed by atoms with E-state index < -0.39 is 15.6 Å². The highest BCUT2D eigenvalue weighted by Gasteiger charge is 2.68. The lowest BCUT2D eigenvalue weighted by molar-refractivity contribution is 0.116. The van der Waals surface area contributed by atoms with Crippen LogP contribution in [0.1, 0.15) is 18.4 Å². The summed E-state index contributed by atoms with van der Waals surface area (Å²) in [7, 11) is -7.50. The quantitative estimate of drug-likeness (QED) is 0.312. The van der Waals surface area contributed by atoms with Crippen LogP contribution in [0.3, 0.4) is 0 Å². The zero-order chi connectivity index (χ0) is 21.8. The van der Waals surface area contributed by atoms with Crippen molar-refractivity contribution in [1.29, 1.82) is 0 Å². The van der Waals surface area contributed by atoms with Gasteiger partial charge in [0, 0.05) is 24.5 Å². The maximum atomic E-state index is 8.88. The molecule has 162 valence electrons. The molecule has 0 unspecified atom stereocenters. The molecule has 2 aliphatic rings. The van der Waals surface area contributed by atoms with Crippen molar-refractivity contribution >= 4 is 38.8 Å². The van der Waals surface area contributed by atoms with E-state index in [2.05, 4.69) is 11.4 Å². The zero-order valence-corrected chi connectivity index (χ0v) is 18.1. The molecule has 2 atom stereocenters. The van der Waals surface area contributed by atoms with Gasteiger partial charge in [-0.05, 0) is 37.1 Å². The average Bonchev–Trinajstić information content (AvgIpc) is 3.17. The predicted molar refractivity (Wildman–Crippen MR) is 103 cm³/mol. The number of phosphoric acid groups is 2. The van der Waals surface area contributed by atoms with Gasteiger partial charge in [-0.25, -0.2) is 9.13 Å². The summed E-state index contributed by atoms with van der Waals surface area (Å²) < 4.78 is 23.2. The Morgan fingerprint density at radius 1 is 1.07 bits per heavy atom. The third-order valence-corrected chi connectivity index (χ3v) is 5.35. The number of benzene rings is 1. The van der Waals surface area contributed by atoms with Crippen molar-refractivity contribution < 1.29 is 43.2 Å². The topological polar surface area (TPSA) is 177 Å². The second kappa shape index (κ2) is 9.83. The molecule has 1 aliphatic carbocycles. The lowest BCUT2D eigenvalue weighted by Crippen LogP contribution is -2.40. The highest BCUT2D eigenvalue weighted by Crippen LogP contribution is 2.67. The number of ether oxygens (including phenoxy) is 1.